The molecule has 0 aliphatic heterocycles. The SMILES string of the molecule is C.Cc1nn(-c2cc(S)ccc2Cl)cc1N=Nc1ncn[nH]1. The van der Waals surface area contributed by atoms with E-state index >= 15 is 0 Å². The number of aromatic amines is 1. The second-order valence-electron chi connectivity index (χ2n) is 4.19. The summed E-state index contributed by atoms with van der Waals surface area (Å²) in [5, 5.41) is 19.3. The maximum atomic E-state index is 6.18. The number of nitrogens with zero attached hydrogens (tertiary/aromatic N) is 6. The summed E-state index contributed by atoms with van der Waals surface area (Å²) in [6.45, 7) is 1.84. The van der Waals surface area contributed by atoms with Crippen LogP contribution in [-0.2, 0) is 0 Å². The van der Waals surface area contributed by atoms with Gasteiger partial charge in [0.2, 0.25) is 0 Å². The molecule has 0 aliphatic carbocycles. The van der Waals surface area contributed by atoms with Gasteiger partial charge >= 0.3 is 0 Å². The Kier molecular flexibility index (Phi) is 4.94. The fourth-order valence-corrected chi connectivity index (χ4v) is 2.10. The van der Waals surface area contributed by atoms with Crippen LogP contribution in [0.3, 0.4) is 0 Å². The summed E-state index contributed by atoms with van der Waals surface area (Å²) in [7, 11) is 0. The fourth-order valence-electron chi connectivity index (χ4n) is 1.70. The molecule has 3 aromatic rings. The van der Waals surface area contributed by atoms with Crippen molar-refractivity contribution in [3.8, 4) is 5.69 Å². The maximum Gasteiger partial charge on any atom is 0.264 e. The summed E-state index contributed by atoms with van der Waals surface area (Å²) in [6.07, 6.45) is 3.10. The van der Waals surface area contributed by atoms with Crippen LogP contribution in [0.5, 0.6) is 0 Å². The first-order valence-electron chi connectivity index (χ1n) is 5.96. The molecule has 0 saturated heterocycles. The molecular formula is C13H14ClN7S. The van der Waals surface area contributed by atoms with Gasteiger partial charge in [-0.2, -0.15) is 15.2 Å². The van der Waals surface area contributed by atoms with Gasteiger partial charge in [0, 0.05) is 4.90 Å². The monoisotopic (exact) mass is 335 g/mol. The molecule has 0 bridgehead atoms. The van der Waals surface area contributed by atoms with E-state index in [4.69, 9.17) is 11.6 Å². The highest BCUT2D eigenvalue weighted by atomic mass is 35.5. The molecule has 0 aliphatic rings. The molecule has 7 nitrogen and oxygen atoms in total. The smallest absolute Gasteiger partial charge is 0.242 e. The molecule has 9 heteroatoms. The van der Waals surface area contributed by atoms with E-state index in [0.29, 0.717) is 16.7 Å². The number of azo groups is 1. The Hall–Kier alpha value is -2.19. The van der Waals surface area contributed by atoms with E-state index in [1.54, 1.807) is 16.9 Å². The Morgan fingerprint density at radius 2 is 2.14 bits per heavy atom. The van der Waals surface area contributed by atoms with Crippen molar-refractivity contribution in [1.82, 2.24) is 25.0 Å². The van der Waals surface area contributed by atoms with E-state index in [-0.39, 0.29) is 7.43 Å². The second-order valence-corrected chi connectivity index (χ2v) is 5.11. The van der Waals surface area contributed by atoms with Crippen LogP contribution in [0.2, 0.25) is 5.02 Å². The number of hydrogen-bond acceptors (Lipinski definition) is 6. The molecule has 22 heavy (non-hydrogen) atoms. The molecule has 2 heterocycles. The van der Waals surface area contributed by atoms with Crippen molar-refractivity contribution in [3.63, 3.8) is 0 Å². The molecule has 1 N–H and O–H groups in total. The van der Waals surface area contributed by atoms with Crippen molar-refractivity contribution in [3.05, 3.63) is 41.4 Å². The molecular weight excluding hydrogens is 322 g/mol. The van der Waals surface area contributed by atoms with Crippen molar-refractivity contribution >= 4 is 35.9 Å². The summed E-state index contributed by atoms with van der Waals surface area (Å²) in [5.41, 5.74) is 2.07. The molecule has 114 valence electrons. The molecule has 3 rings (SSSR count). The van der Waals surface area contributed by atoms with Crippen LogP contribution in [0, 0.1) is 6.92 Å². The molecule has 0 radical (unpaired) electrons. The Morgan fingerprint density at radius 1 is 1.32 bits per heavy atom. The predicted molar refractivity (Wildman–Crippen MR) is 87.9 cm³/mol. The Morgan fingerprint density at radius 3 is 2.86 bits per heavy atom. The lowest BCUT2D eigenvalue weighted by Gasteiger charge is -2.04. The zero-order chi connectivity index (χ0) is 14.8. The number of hydrogen-bond donors (Lipinski definition) is 2. The molecule has 2 aromatic heterocycles. The molecule has 0 saturated carbocycles. The average molecular weight is 336 g/mol. The number of aryl methyl sites for hydroxylation is 1. The van der Waals surface area contributed by atoms with Crippen LogP contribution in [-0.4, -0.2) is 25.0 Å². The number of halogens is 1. The minimum Gasteiger partial charge on any atom is -0.242 e. The van der Waals surface area contributed by atoms with E-state index in [9.17, 15) is 0 Å². The van der Waals surface area contributed by atoms with Gasteiger partial charge in [-0.25, -0.2) is 9.78 Å². The third-order valence-electron chi connectivity index (χ3n) is 2.70. The van der Waals surface area contributed by atoms with Gasteiger partial charge in [-0.15, -0.1) is 22.9 Å². The number of benzene rings is 1. The van der Waals surface area contributed by atoms with Crippen molar-refractivity contribution in [2.24, 2.45) is 10.2 Å². The lowest BCUT2D eigenvalue weighted by atomic mass is 10.3. The Balaban J connectivity index is 0.00000176. The highest BCUT2D eigenvalue weighted by molar-refractivity contribution is 7.80. The topological polar surface area (TPSA) is 84.1 Å². The standard InChI is InChI=1S/C12H10ClN7S.CH4/c1-7-10(16-18-12-14-6-15-17-12)5-20(19-7)11-4-8(21)2-3-9(11)13;/h2-6,21H,1H3,(H,14,15,17);1H4. The van der Waals surface area contributed by atoms with E-state index < -0.39 is 0 Å². The van der Waals surface area contributed by atoms with Crippen molar-refractivity contribution in [2.45, 2.75) is 19.2 Å². The maximum absolute atomic E-state index is 6.18. The van der Waals surface area contributed by atoms with Crippen molar-refractivity contribution in [1.29, 1.82) is 0 Å². The van der Waals surface area contributed by atoms with Gasteiger partial charge in [-0.1, -0.05) is 19.0 Å². The molecule has 1 aromatic carbocycles. The molecule has 0 unspecified atom stereocenters. The normalized spacial score (nSPS) is 10.9. The lowest BCUT2D eigenvalue weighted by Crippen LogP contribution is -1.95. The minimum absolute atomic E-state index is 0. The van der Waals surface area contributed by atoms with Gasteiger partial charge in [0.15, 0.2) is 0 Å². The molecule has 0 atom stereocenters. The number of rotatable bonds is 3. The summed E-state index contributed by atoms with van der Waals surface area (Å²) in [4.78, 5) is 4.66. The number of thiol groups is 1. The van der Waals surface area contributed by atoms with Crippen molar-refractivity contribution in [2.75, 3.05) is 0 Å². The quantitative estimate of drug-likeness (QED) is 0.553. The van der Waals surface area contributed by atoms with E-state index in [1.165, 1.54) is 6.33 Å². The third-order valence-corrected chi connectivity index (χ3v) is 3.30. The average Bonchev–Trinajstić information content (AvgIpc) is 3.09. The summed E-state index contributed by atoms with van der Waals surface area (Å²) < 4.78 is 1.64. The molecule has 0 spiro atoms. The predicted octanol–water partition coefficient (Wildman–Crippen LogP) is 4.29. The van der Waals surface area contributed by atoms with Crippen LogP contribution in [0.4, 0.5) is 11.6 Å². The van der Waals surface area contributed by atoms with E-state index in [2.05, 4.69) is 43.1 Å². The van der Waals surface area contributed by atoms with Crippen LogP contribution in [0.15, 0.2) is 45.8 Å². The van der Waals surface area contributed by atoms with Crippen LogP contribution in [0.1, 0.15) is 13.1 Å². The van der Waals surface area contributed by atoms with Gasteiger partial charge in [0.1, 0.15) is 12.0 Å². The van der Waals surface area contributed by atoms with Gasteiger partial charge < -0.3 is 0 Å². The zero-order valence-electron chi connectivity index (χ0n) is 10.9. The van der Waals surface area contributed by atoms with Crippen molar-refractivity contribution < 1.29 is 0 Å². The number of aromatic nitrogens is 5. The highest BCUT2D eigenvalue weighted by Crippen LogP contribution is 2.26. The minimum atomic E-state index is 0. The lowest BCUT2D eigenvalue weighted by molar-refractivity contribution is 0.860. The molecule has 0 fully saturated rings. The summed E-state index contributed by atoms with van der Waals surface area (Å²) >= 11 is 10.5. The first-order valence-corrected chi connectivity index (χ1v) is 6.78. The Bertz CT molecular complexity index is 795. The fraction of sp³-hybridized carbons (Fsp3) is 0.154. The van der Waals surface area contributed by atoms with Crippen LogP contribution >= 0.6 is 24.2 Å². The second kappa shape index (κ2) is 6.71. The first-order chi connectivity index (χ1) is 10.1. The zero-order valence-corrected chi connectivity index (χ0v) is 12.5. The first kappa shape index (κ1) is 16.2. The Labute approximate surface area is 137 Å². The largest absolute Gasteiger partial charge is 0.264 e. The number of H-pyrrole nitrogens is 1. The third kappa shape index (κ3) is 3.34. The van der Waals surface area contributed by atoms with Gasteiger partial charge in [-0.05, 0) is 25.1 Å². The van der Waals surface area contributed by atoms with Gasteiger partial charge in [-0.3, -0.25) is 0 Å². The van der Waals surface area contributed by atoms with Crippen LogP contribution in [0.25, 0.3) is 5.69 Å². The van der Waals surface area contributed by atoms with E-state index in [1.807, 2.05) is 19.1 Å². The van der Waals surface area contributed by atoms with Gasteiger partial charge in [0.05, 0.1) is 22.6 Å². The summed E-state index contributed by atoms with van der Waals surface area (Å²) in [6, 6.07) is 5.41. The van der Waals surface area contributed by atoms with E-state index in [0.717, 1.165) is 16.3 Å². The molecule has 0 amide bonds. The summed E-state index contributed by atoms with van der Waals surface area (Å²) in [5.74, 6) is 0.331. The van der Waals surface area contributed by atoms with Crippen LogP contribution < -0.4 is 0 Å². The number of nitrogens with one attached hydrogen (secondary N) is 1. The highest BCUT2D eigenvalue weighted by Gasteiger charge is 2.09. The van der Waals surface area contributed by atoms with Gasteiger partial charge in [0.25, 0.3) is 5.95 Å².